The number of nitrogens with zero attached hydrogens (tertiary/aromatic N) is 1. The van der Waals surface area contributed by atoms with Gasteiger partial charge in [-0.2, -0.15) is 12.6 Å². The number of rotatable bonds is 26. The summed E-state index contributed by atoms with van der Waals surface area (Å²) in [6.45, 7) is 18.5. The molecular weight excluding hydrogens is 816 g/mol. The standard InChI is InChI=1S/C47H71ClN4O8S/c1-31(2)25-42(45(55)56)60-46(57)34(5)28-49-44(54)40(27-36-15-18-41(58-8)39(48)26-36)51-43(53)12-10-9-11-32(3)33(4)21-24-59-38-16-13-35(14-17-38)29-52-22-19-37(20-23-52)50-30-47(6,7)61/h10,12-18,26,31-34,37,40,42,50,61H,9,11,19-25,27-30H2,1-8H3,(H,49,54)(H,51,53)(H,55,56)/b12-10+/t32-,33?,34+,40+,42-/m0/s1. The van der Waals surface area contributed by atoms with Crippen LogP contribution >= 0.6 is 24.2 Å². The molecule has 0 aromatic heterocycles. The summed E-state index contributed by atoms with van der Waals surface area (Å²) in [4.78, 5) is 53.3. The fourth-order valence-corrected chi connectivity index (χ4v) is 7.34. The Hall–Kier alpha value is -3.78. The number of carboxylic acids is 1. The van der Waals surface area contributed by atoms with Crippen molar-refractivity contribution in [3.63, 3.8) is 0 Å². The normalized spacial score (nSPS) is 16.4. The topological polar surface area (TPSA) is 156 Å². The lowest BCUT2D eigenvalue weighted by atomic mass is 9.89. The van der Waals surface area contributed by atoms with E-state index in [-0.39, 0.29) is 30.1 Å². The van der Waals surface area contributed by atoms with Crippen molar-refractivity contribution in [1.29, 1.82) is 0 Å². The maximum atomic E-state index is 13.4. The van der Waals surface area contributed by atoms with Crippen LogP contribution < -0.4 is 25.4 Å². The molecule has 1 aliphatic rings. The molecule has 0 bridgehead atoms. The zero-order valence-electron chi connectivity index (χ0n) is 37.5. The number of carbonyl (C=O) groups excluding carboxylic acids is 3. The number of carboxylic acid groups (broad SMARTS) is 1. The van der Waals surface area contributed by atoms with E-state index < -0.39 is 41.8 Å². The highest BCUT2D eigenvalue weighted by molar-refractivity contribution is 7.81. The van der Waals surface area contributed by atoms with Crippen LogP contribution in [0.25, 0.3) is 0 Å². The number of hydrogen-bond donors (Lipinski definition) is 5. The monoisotopic (exact) mass is 886 g/mol. The second kappa shape index (κ2) is 26.0. The second-order valence-corrected chi connectivity index (χ2v) is 19.4. The summed E-state index contributed by atoms with van der Waals surface area (Å²) < 4.78 is 16.6. The number of carbonyl (C=O) groups is 4. The Morgan fingerprint density at radius 3 is 2.25 bits per heavy atom. The third-order valence-corrected chi connectivity index (χ3v) is 11.6. The number of aliphatic carboxylic acids is 1. The van der Waals surface area contributed by atoms with E-state index in [1.807, 2.05) is 19.9 Å². The van der Waals surface area contributed by atoms with Crippen LogP contribution in [0.5, 0.6) is 11.5 Å². The van der Waals surface area contributed by atoms with Gasteiger partial charge in [-0.05, 0) is 125 Å². The lowest BCUT2D eigenvalue weighted by molar-refractivity contribution is -0.167. The van der Waals surface area contributed by atoms with Crippen LogP contribution in [0.15, 0.2) is 54.6 Å². The number of methoxy groups -OCH3 is 1. The van der Waals surface area contributed by atoms with Crippen LogP contribution in [0.4, 0.5) is 0 Å². The van der Waals surface area contributed by atoms with Crippen LogP contribution in [0.2, 0.25) is 5.02 Å². The van der Waals surface area contributed by atoms with Crippen molar-refractivity contribution in [2.24, 2.45) is 23.7 Å². The number of piperidine rings is 1. The van der Waals surface area contributed by atoms with Crippen molar-refractivity contribution in [3.8, 4) is 11.5 Å². The number of amides is 2. The summed E-state index contributed by atoms with van der Waals surface area (Å²) in [5, 5.41) is 19.0. The number of hydrogen-bond acceptors (Lipinski definition) is 10. The number of esters is 1. The molecule has 0 radical (unpaired) electrons. The Bertz CT molecular complexity index is 1710. The van der Waals surface area contributed by atoms with E-state index >= 15 is 0 Å². The first-order valence-electron chi connectivity index (χ1n) is 21.7. The summed E-state index contributed by atoms with van der Waals surface area (Å²) >= 11 is 11.0. The van der Waals surface area contributed by atoms with Gasteiger partial charge in [-0.25, -0.2) is 4.79 Å². The molecule has 12 nitrogen and oxygen atoms in total. The average molecular weight is 888 g/mol. The molecule has 61 heavy (non-hydrogen) atoms. The number of thiol groups is 1. The number of nitrogens with one attached hydrogen (secondary N) is 3. The van der Waals surface area contributed by atoms with Gasteiger partial charge in [-0.3, -0.25) is 19.3 Å². The van der Waals surface area contributed by atoms with Gasteiger partial charge in [0, 0.05) is 36.8 Å². The summed E-state index contributed by atoms with van der Waals surface area (Å²) in [7, 11) is 1.50. The van der Waals surface area contributed by atoms with Gasteiger partial charge in [0.25, 0.3) is 0 Å². The predicted molar refractivity (Wildman–Crippen MR) is 245 cm³/mol. The number of benzene rings is 2. The maximum Gasteiger partial charge on any atom is 0.345 e. The molecule has 2 aromatic carbocycles. The van der Waals surface area contributed by atoms with Gasteiger partial charge in [-0.1, -0.05) is 70.5 Å². The van der Waals surface area contributed by atoms with Gasteiger partial charge in [0.05, 0.1) is 24.7 Å². The minimum Gasteiger partial charge on any atom is -0.495 e. The largest absolute Gasteiger partial charge is 0.495 e. The molecular formula is C47H71ClN4O8S. The van der Waals surface area contributed by atoms with E-state index in [2.05, 4.69) is 85.4 Å². The van der Waals surface area contributed by atoms with Gasteiger partial charge in [0.1, 0.15) is 17.5 Å². The van der Waals surface area contributed by atoms with E-state index in [1.54, 1.807) is 25.1 Å². The maximum absolute atomic E-state index is 13.4. The molecule has 1 heterocycles. The lowest BCUT2D eigenvalue weighted by Crippen LogP contribution is -2.49. The molecule has 14 heteroatoms. The fourth-order valence-electron chi connectivity index (χ4n) is 6.97. The number of likely N-dealkylation sites (tertiary alicyclic amines) is 1. The third-order valence-electron chi connectivity index (χ3n) is 11.1. The van der Waals surface area contributed by atoms with Crippen LogP contribution in [0.3, 0.4) is 0 Å². The first-order valence-corrected chi connectivity index (χ1v) is 22.6. The molecule has 2 aromatic rings. The summed E-state index contributed by atoms with van der Waals surface area (Å²) in [5.41, 5.74) is 1.98. The molecule has 0 spiro atoms. The Balaban J connectivity index is 1.44. The quantitative estimate of drug-likeness (QED) is 0.0364. The van der Waals surface area contributed by atoms with E-state index in [0.717, 1.165) is 57.6 Å². The molecule has 4 N–H and O–H groups in total. The van der Waals surface area contributed by atoms with Crippen LogP contribution in [0.1, 0.15) is 98.1 Å². The SMILES string of the molecule is COc1ccc(C[C@@H](NC(=O)/C=C/CC[C@H](C)C(C)CCOc2ccc(CN3CCC(NCC(C)(C)S)CC3)cc2)C(=O)NC[C@@H](C)C(=O)O[C@@H](CC(C)C)C(=O)O)cc1Cl. The molecule has 1 aliphatic heterocycles. The highest BCUT2D eigenvalue weighted by atomic mass is 35.5. The van der Waals surface area contributed by atoms with Crippen LogP contribution in [-0.2, 0) is 36.9 Å². The highest BCUT2D eigenvalue weighted by Gasteiger charge is 2.28. The zero-order chi connectivity index (χ0) is 45.1. The Morgan fingerprint density at radius 2 is 1.64 bits per heavy atom. The molecule has 0 aliphatic carbocycles. The summed E-state index contributed by atoms with van der Waals surface area (Å²) in [6, 6.07) is 13.1. The minimum atomic E-state index is -1.28. The van der Waals surface area contributed by atoms with Crippen molar-refractivity contribution in [1.82, 2.24) is 20.9 Å². The van der Waals surface area contributed by atoms with Gasteiger partial charge in [0.2, 0.25) is 11.8 Å². The first kappa shape index (κ1) is 51.6. The van der Waals surface area contributed by atoms with Crippen LogP contribution in [-0.4, -0.2) is 96.6 Å². The number of halogens is 1. The highest BCUT2D eigenvalue weighted by Crippen LogP contribution is 2.26. The first-order chi connectivity index (χ1) is 28.8. The third kappa shape index (κ3) is 19.9. The Labute approximate surface area is 374 Å². The molecule has 1 unspecified atom stereocenters. The predicted octanol–water partition coefficient (Wildman–Crippen LogP) is 7.51. The van der Waals surface area contributed by atoms with Gasteiger partial charge in [0.15, 0.2) is 6.10 Å². The van der Waals surface area contributed by atoms with Crippen LogP contribution in [0, 0.1) is 23.7 Å². The van der Waals surface area contributed by atoms with Gasteiger partial charge >= 0.3 is 11.9 Å². The molecule has 340 valence electrons. The van der Waals surface area contributed by atoms with E-state index in [4.69, 9.17) is 25.8 Å². The molecule has 5 atom stereocenters. The van der Waals surface area contributed by atoms with Crippen molar-refractivity contribution in [2.45, 2.75) is 123 Å². The van der Waals surface area contributed by atoms with Crippen molar-refractivity contribution < 1.29 is 38.5 Å². The van der Waals surface area contributed by atoms with E-state index in [1.165, 1.54) is 18.7 Å². The van der Waals surface area contributed by atoms with Crippen molar-refractivity contribution >= 4 is 48.0 Å². The molecule has 2 amide bonds. The minimum absolute atomic E-state index is 0.00107. The molecule has 1 saturated heterocycles. The Kier molecular flexibility index (Phi) is 22.0. The van der Waals surface area contributed by atoms with Gasteiger partial charge < -0.3 is 35.3 Å². The average Bonchev–Trinajstić information content (AvgIpc) is 3.20. The number of allylic oxidation sites excluding steroid dienone is 1. The zero-order valence-corrected chi connectivity index (χ0v) is 39.2. The number of ether oxygens (including phenoxy) is 3. The lowest BCUT2D eigenvalue weighted by Gasteiger charge is -2.33. The second-order valence-electron chi connectivity index (χ2n) is 17.7. The van der Waals surface area contributed by atoms with E-state index in [9.17, 15) is 24.3 Å². The molecule has 1 fully saturated rings. The Morgan fingerprint density at radius 1 is 0.984 bits per heavy atom. The molecule has 0 saturated carbocycles. The fraction of sp³-hybridized carbons (Fsp3) is 0.617. The van der Waals surface area contributed by atoms with Gasteiger partial charge in [-0.15, -0.1) is 0 Å². The van der Waals surface area contributed by atoms with E-state index in [0.29, 0.717) is 47.2 Å². The smallest absolute Gasteiger partial charge is 0.345 e. The van der Waals surface area contributed by atoms with Crippen molar-refractivity contribution in [3.05, 3.63) is 70.8 Å². The summed E-state index contributed by atoms with van der Waals surface area (Å²) in [5.74, 6) is -1.57. The molecule has 3 rings (SSSR count). The summed E-state index contributed by atoms with van der Waals surface area (Å²) in [6.07, 6.45) is 7.04. The van der Waals surface area contributed by atoms with Crippen molar-refractivity contribution in [2.75, 3.05) is 39.9 Å².